The van der Waals surface area contributed by atoms with Crippen LogP contribution in [0.5, 0.6) is 0 Å². The third-order valence-electron chi connectivity index (χ3n) is 2.84. The first-order valence-electron chi connectivity index (χ1n) is 4.51. The summed E-state index contributed by atoms with van der Waals surface area (Å²) in [6, 6.07) is 0. The maximum atomic E-state index is 4.50. The Hall–Kier alpha value is -0.790. The van der Waals surface area contributed by atoms with Gasteiger partial charge in [0.1, 0.15) is 0 Å². The molecule has 1 aliphatic carbocycles. The fourth-order valence-corrected chi connectivity index (χ4v) is 2.09. The second-order valence-corrected chi connectivity index (χ2v) is 4.65. The van der Waals surface area contributed by atoms with Crippen molar-refractivity contribution in [3.63, 3.8) is 0 Å². The number of hydrogen-bond acceptors (Lipinski definition) is 1. The van der Waals surface area contributed by atoms with Gasteiger partial charge in [-0.15, -0.1) is 0 Å². The van der Waals surface area contributed by atoms with Crippen LogP contribution >= 0.6 is 0 Å². The van der Waals surface area contributed by atoms with Crippen LogP contribution in [0, 0.1) is 12.3 Å². The summed E-state index contributed by atoms with van der Waals surface area (Å²) in [6.45, 7) is 6.79. The van der Waals surface area contributed by atoms with Crippen molar-refractivity contribution in [3.8, 4) is 0 Å². The molecule has 0 bridgehead atoms. The van der Waals surface area contributed by atoms with E-state index in [-0.39, 0.29) is 0 Å². The highest BCUT2D eigenvalue weighted by atomic mass is 15.3. The predicted molar refractivity (Wildman–Crippen MR) is 49.1 cm³/mol. The van der Waals surface area contributed by atoms with Gasteiger partial charge in [0.15, 0.2) is 0 Å². The van der Waals surface area contributed by atoms with Crippen molar-refractivity contribution in [2.75, 3.05) is 0 Å². The van der Waals surface area contributed by atoms with E-state index in [0.717, 1.165) is 6.42 Å². The number of nitrogens with zero attached hydrogens (tertiary/aromatic N) is 2. The third-order valence-corrected chi connectivity index (χ3v) is 2.84. The Morgan fingerprint density at radius 2 is 2.00 bits per heavy atom. The smallest absolute Gasteiger partial charge is 0.0664 e. The van der Waals surface area contributed by atoms with E-state index >= 15 is 0 Å². The van der Waals surface area contributed by atoms with E-state index in [1.54, 1.807) is 0 Å². The molecule has 0 spiro atoms. The summed E-state index contributed by atoms with van der Waals surface area (Å²) in [6.07, 6.45) is 2.34. The summed E-state index contributed by atoms with van der Waals surface area (Å²) in [5, 5.41) is 4.50. The average Bonchev–Trinajstić information content (AvgIpc) is 2.33. The van der Waals surface area contributed by atoms with E-state index in [1.165, 1.54) is 23.4 Å². The molecule has 0 N–H and O–H groups in total. The molecule has 1 aliphatic rings. The highest BCUT2D eigenvalue weighted by Gasteiger charge is 2.32. The summed E-state index contributed by atoms with van der Waals surface area (Å²) in [5.74, 6) is 0. The lowest BCUT2D eigenvalue weighted by Crippen LogP contribution is -2.12. The minimum atomic E-state index is 0.441. The van der Waals surface area contributed by atoms with E-state index in [4.69, 9.17) is 0 Å². The van der Waals surface area contributed by atoms with Crippen LogP contribution in [-0.2, 0) is 19.9 Å². The molecule has 1 aromatic heterocycles. The van der Waals surface area contributed by atoms with Crippen molar-refractivity contribution < 1.29 is 0 Å². The summed E-state index contributed by atoms with van der Waals surface area (Å²) >= 11 is 0. The van der Waals surface area contributed by atoms with Gasteiger partial charge in [-0.3, -0.25) is 4.68 Å². The van der Waals surface area contributed by atoms with E-state index in [9.17, 15) is 0 Å². The van der Waals surface area contributed by atoms with Crippen molar-refractivity contribution >= 4 is 0 Å². The molecular weight excluding hydrogens is 148 g/mol. The Morgan fingerprint density at radius 3 is 2.58 bits per heavy atom. The molecular formula is C10H16N2. The minimum Gasteiger partial charge on any atom is -0.272 e. The van der Waals surface area contributed by atoms with Crippen LogP contribution in [0.4, 0.5) is 0 Å². The molecule has 0 unspecified atom stereocenters. The van der Waals surface area contributed by atoms with Crippen molar-refractivity contribution in [2.45, 2.75) is 33.6 Å². The monoisotopic (exact) mass is 164 g/mol. The van der Waals surface area contributed by atoms with Crippen molar-refractivity contribution in [2.24, 2.45) is 12.5 Å². The van der Waals surface area contributed by atoms with Gasteiger partial charge >= 0.3 is 0 Å². The van der Waals surface area contributed by atoms with E-state index in [1.807, 2.05) is 11.7 Å². The molecule has 0 fully saturated rings. The van der Waals surface area contributed by atoms with Gasteiger partial charge in [-0.1, -0.05) is 13.8 Å². The number of fused-ring (bicyclic) bond motifs is 1. The van der Waals surface area contributed by atoms with Gasteiger partial charge in [0.25, 0.3) is 0 Å². The van der Waals surface area contributed by atoms with Crippen LogP contribution in [0.25, 0.3) is 0 Å². The van der Waals surface area contributed by atoms with E-state index in [2.05, 4.69) is 25.9 Å². The van der Waals surface area contributed by atoms with Gasteiger partial charge in [-0.05, 0) is 30.7 Å². The van der Waals surface area contributed by atoms with E-state index in [0.29, 0.717) is 5.41 Å². The third kappa shape index (κ3) is 0.977. The molecule has 0 aliphatic heterocycles. The predicted octanol–water partition coefficient (Wildman–Crippen LogP) is 1.85. The molecule has 0 aromatic carbocycles. The Balaban J connectivity index is 2.46. The number of rotatable bonds is 0. The summed E-state index contributed by atoms with van der Waals surface area (Å²) in [7, 11) is 2.03. The fraction of sp³-hybridized carbons (Fsp3) is 0.700. The zero-order valence-corrected chi connectivity index (χ0v) is 8.31. The molecule has 0 atom stereocenters. The summed E-state index contributed by atoms with van der Waals surface area (Å²) in [4.78, 5) is 0. The second kappa shape index (κ2) is 2.12. The Morgan fingerprint density at radius 1 is 1.33 bits per heavy atom. The molecule has 2 rings (SSSR count). The Kier molecular flexibility index (Phi) is 1.39. The lowest BCUT2D eigenvalue weighted by molar-refractivity contribution is 0.384. The topological polar surface area (TPSA) is 17.8 Å². The van der Waals surface area contributed by atoms with E-state index < -0.39 is 0 Å². The Labute approximate surface area is 73.6 Å². The van der Waals surface area contributed by atoms with Gasteiger partial charge in [0.05, 0.1) is 5.69 Å². The average molecular weight is 164 g/mol. The fourth-order valence-electron chi connectivity index (χ4n) is 2.09. The molecule has 12 heavy (non-hydrogen) atoms. The SMILES string of the molecule is Cc1c2c(nn1C)CC(C)(C)C2. The van der Waals surface area contributed by atoms with Gasteiger partial charge < -0.3 is 0 Å². The quantitative estimate of drug-likeness (QED) is 0.572. The number of aryl methyl sites for hydroxylation is 1. The van der Waals surface area contributed by atoms with Crippen molar-refractivity contribution in [1.82, 2.24) is 9.78 Å². The number of hydrogen-bond donors (Lipinski definition) is 0. The highest BCUT2D eigenvalue weighted by Crippen LogP contribution is 2.36. The van der Waals surface area contributed by atoms with Crippen LogP contribution < -0.4 is 0 Å². The minimum absolute atomic E-state index is 0.441. The molecule has 0 saturated carbocycles. The van der Waals surface area contributed by atoms with Crippen LogP contribution in [0.3, 0.4) is 0 Å². The van der Waals surface area contributed by atoms with Crippen LogP contribution in [0.2, 0.25) is 0 Å². The highest BCUT2D eigenvalue weighted by molar-refractivity contribution is 5.32. The van der Waals surface area contributed by atoms with Crippen LogP contribution in [0.1, 0.15) is 30.8 Å². The van der Waals surface area contributed by atoms with Gasteiger partial charge in [-0.2, -0.15) is 5.10 Å². The zero-order valence-electron chi connectivity index (χ0n) is 8.31. The van der Waals surface area contributed by atoms with Crippen LogP contribution in [0.15, 0.2) is 0 Å². The lowest BCUT2D eigenvalue weighted by atomic mass is 9.90. The van der Waals surface area contributed by atoms with Gasteiger partial charge in [0, 0.05) is 12.7 Å². The second-order valence-electron chi connectivity index (χ2n) is 4.65. The standard InChI is InChI=1S/C10H16N2/c1-7-8-5-10(2,3)6-9(8)11-12(7)4/h5-6H2,1-4H3. The maximum absolute atomic E-state index is 4.50. The van der Waals surface area contributed by atoms with Crippen molar-refractivity contribution in [3.05, 3.63) is 17.0 Å². The first-order valence-corrected chi connectivity index (χ1v) is 4.51. The lowest BCUT2D eigenvalue weighted by Gasteiger charge is -2.15. The molecule has 1 aromatic rings. The molecule has 2 nitrogen and oxygen atoms in total. The molecule has 2 heteroatoms. The summed E-state index contributed by atoms with van der Waals surface area (Å²) < 4.78 is 2.00. The van der Waals surface area contributed by atoms with Gasteiger partial charge in [0.2, 0.25) is 0 Å². The van der Waals surface area contributed by atoms with Crippen molar-refractivity contribution in [1.29, 1.82) is 0 Å². The number of aromatic nitrogens is 2. The zero-order chi connectivity index (χ0) is 8.93. The van der Waals surface area contributed by atoms with Gasteiger partial charge in [-0.25, -0.2) is 0 Å². The molecule has 0 radical (unpaired) electrons. The van der Waals surface area contributed by atoms with Crippen LogP contribution in [-0.4, -0.2) is 9.78 Å². The molecule has 0 amide bonds. The largest absolute Gasteiger partial charge is 0.272 e. The first-order chi connectivity index (χ1) is 5.49. The molecule has 66 valence electrons. The molecule has 1 heterocycles. The normalized spacial score (nSPS) is 19.7. The first kappa shape index (κ1) is 7.84. The maximum Gasteiger partial charge on any atom is 0.0664 e. The molecule has 0 saturated heterocycles. The summed E-state index contributed by atoms with van der Waals surface area (Å²) in [5.41, 5.74) is 4.59. The Bertz CT molecular complexity index is 321.